The van der Waals surface area contributed by atoms with Crippen molar-refractivity contribution in [3.63, 3.8) is 0 Å². The highest BCUT2D eigenvalue weighted by molar-refractivity contribution is 6.48. The highest BCUT2D eigenvalue weighted by Crippen LogP contribution is 2.29. The summed E-state index contributed by atoms with van der Waals surface area (Å²) in [6, 6.07) is 0. The summed E-state index contributed by atoms with van der Waals surface area (Å²) >= 11 is 6.01. The largest absolute Gasteiger partial charge is 0.253 e. The summed E-state index contributed by atoms with van der Waals surface area (Å²) in [5, 5.41) is 0.811. The minimum Gasteiger partial charge on any atom is -0.253 e. The molecular weight excluding hydrogens is 206 g/mol. The van der Waals surface area contributed by atoms with Crippen molar-refractivity contribution in [1.29, 1.82) is 0 Å². The first-order chi connectivity index (χ1) is 7.18. The van der Waals surface area contributed by atoms with Crippen LogP contribution in [0.5, 0.6) is 0 Å². The van der Waals surface area contributed by atoms with Crippen LogP contribution in [0.3, 0.4) is 0 Å². The predicted molar refractivity (Wildman–Crippen MR) is 66.2 cm³/mol. The van der Waals surface area contributed by atoms with Crippen LogP contribution in [0.1, 0.15) is 33.1 Å². The Bertz CT molecular complexity index is 385. The summed E-state index contributed by atoms with van der Waals surface area (Å²) in [4.78, 5) is 4.25. The van der Waals surface area contributed by atoms with E-state index in [9.17, 15) is 0 Å². The first kappa shape index (κ1) is 10.7. The fraction of sp³-hybridized carbons (Fsp3) is 0.462. The third-order valence-corrected chi connectivity index (χ3v) is 3.33. The molecule has 2 heteroatoms. The molecule has 1 unspecified atom stereocenters. The molecule has 0 aromatic carbocycles. The lowest BCUT2D eigenvalue weighted by atomic mass is 9.90. The average Bonchev–Trinajstić information content (AvgIpc) is 2.20. The molecule has 0 amide bonds. The number of rotatable bonds is 1. The number of hydrogen-bond acceptors (Lipinski definition) is 1. The minimum atomic E-state index is 0.691. The lowest BCUT2D eigenvalue weighted by molar-refractivity contribution is 0.603. The summed E-state index contributed by atoms with van der Waals surface area (Å²) < 4.78 is 0. The van der Waals surface area contributed by atoms with Crippen LogP contribution in [-0.4, -0.2) is 5.71 Å². The maximum absolute atomic E-state index is 6.01. The average molecular weight is 222 g/mol. The maximum atomic E-state index is 6.01. The van der Waals surface area contributed by atoms with E-state index in [0.717, 1.165) is 17.2 Å². The van der Waals surface area contributed by atoms with Gasteiger partial charge in [0.25, 0.3) is 0 Å². The van der Waals surface area contributed by atoms with Crippen LogP contribution in [0.4, 0.5) is 0 Å². The van der Waals surface area contributed by atoms with E-state index in [1.807, 2.05) is 0 Å². The first-order valence-corrected chi connectivity index (χ1v) is 5.88. The summed E-state index contributed by atoms with van der Waals surface area (Å²) in [5.41, 5.74) is 3.64. The van der Waals surface area contributed by atoms with E-state index < -0.39 is 0 Å². The number of aliphatic imine (C=N–C) groups is 1. The van der Waals surface area contributed by atoms with Gasteiger partial charge < -0.3 is 0 Å². The molecule has 1 aliphatic carbocycles. The Labute approximate surface area is 96.2 Å². The van der Waals surface area contributed by atoms with E-state index in [4.69, 9.17) is 11.6 Å². The molecular formula is C13H16ClN. The SMILES string of the molecule is CC1=C(C2=NC=C2Cl)CCCC(C)C=C1. The fourth-order valence-electron chi connectivity index (χ4n) is 2.01. The maximum Gasteiger partial charge on any atom is 0.0866 e. The Morgan fingerprint density at radius 3 is 2.87 bits per heavy atom. The van der Waals surface area contributed by atoms with Crippen LogP contribution in [-0.2, 0) is 0 Å². The molecule has 0 saturated heterocycles. The Kier molecular flexibility index (Phi) is 3.11. The highest BCUT2D eigenvalue weighted by atomic mass is 35.5. The van der Waals surface area contributed by atoms with E-state index in [1.54, 1.807) is 6.20 Å². The zero-order chi connectivity index (χ0) is 10.8. The zero-order valence-electron chi connectivity index (χ0n) is 9.26. The molecule has 80 valence electrons. The Hall–Kier alpha value is -0.820. The van der Waals surface area contributed by atoms with Gasteiger partial charge in [-0.3, -0.25) is 4.99 Å². The predicted octanol–water partition coefficient (Wildman–Crippen LogP) is 4.21. The normalized spacial score (nSPS) is 26.5. The van der Waals surface area contributed by atoms with Gasteiger partial charge in [0.1, 0.15) is 0 Å². The van der Waals surface area contributed by atoms with Crippen molar-refractivity contribution < 1.29 is 0 Å². The Morgan fingerprint density at radius 1 is 1.47 bits per heavy atom. The van der Waals surface area contributed by atoms with E-state index in [-0.39, 0.29) is 0 Å². The summed E-state index contributed by atoms with van der Waals surface area (Å²) in [5.74, 6) is 0.691. The molecule has 0 aromatic rings. The number of allylic oxidation sites excluding steroid dienone is 5. The number of nitrogens with zero attached hydrogens (tertiary/aromatic N) is 1. The molecule has 15 heavy (non-hydrogen) atoms. The second kappa shape index (κ2) is 4.36. The van der Waals surface area contributed by atoms with Crippen LogP contribution in [0.25, 0.3) is 0 Å². The Balaban J connectivity index is 2.24. The molecule has 0 fully saturated rings. The molecule has 2 aliphatic rings. The highest BCUT2D eigenvalue weighted by Gasteiger charge is 2.18. The molecule has 0 radical (unpaired) electrons. The van der Waals surface area contributed by atoms with Gasteiger partial charge in [-0.1, -0.05) is 30.7 Å². The summed E-state index contributed by atoms with van der Waals surface area (Å²) in [6.45, 7) is 4.41. The van der Waals surface area contributed by atoms with Crippen molar-refractivity contribution in [2.45, 2.75) is 33.1 Å². The Morgan fingerprint density at radius 2 is 2.27 bits per heavy atom. The van der Waals surface area contributed by atoms with Crippen molar-refractivity contribution >= 4 is 17.3 Å². The second-order valence-corrected chi connectivity index (χ2v) is 4.75. The van der Waals surface area contributed by atoms with Crippen LogP contribution in [0.15, 0.2) is 39.5 Å². The molecule has 0 N–H and O–H groups in total. The first-order valence-electron chi connectivity index (χ1n) is 5.50. The third-order valence-electron chi connectivity index (χ3n) is 3.06. The third kappa shape index (κ3) is 2.23. The zero-order valence-corrected chi connectivity index (χ0v) is 10.0. The van der Waals surface area contributed by atoms with Gasteiger partial charge in [-0.15, -0.1) is 0 Å². The number of hydrogen-bond donors (Lipinski definition) is 0. The second-order valence-electron chi connectivity index (χ2n) is 4.34. The molecule has 1 nitrogen and oxygen atoms in total. The van der Waals surface area contributed by atoms with Crippen LogP contribution < -0.4 is 0 Å². The van der Waals surface area contributed by atoms with E-state index in [2.05, 4.69) is 31.0 Å². The van der Waals surface area contributed by atoms with Gasteiger partial charge in [-0.25, -0.2) is 0 Å². The molecule has 1 heterocycles. The lowest BCUT2D eigenvalue weighted by Gasteiger charge is -2.19. The summed E-state index contributed by atoms with van der Waals surface area (Å²) in [6.07, 6.45) is 9.80. The van der Waals surface area contributed by atoms with Crippen molar-refractivity contribution in [2.75, 3.05) is 0 Å². The van der Waals surface area contributed by atoms with Gasteiger partial charge in [0.15, 0.2) is 0 Å². The van der Waals surface area contributed by atoms with Gasteiger partial charge in [0.2, 0.25) is 0 Å². The standard InChI is InChI=1S/C13H16ClN/c1-9-4-3-5-11(10(2)7-6-9)13-12(14)8-15-13/h6-9H,3-5H2,1-2H3. The molecule has 0 spiro atoms. The van der Waals surface area contributed by atoms with E-state index >= 15 is 0 Å². The van der Waals surface area contributed by atoms with Crippen LogP contribution in [0, 0.1) is 5.92 Å². The van der Waals surface area contributed by atoms with Gasteiger partial charge in [-0.05, 0) is 43.3 Å². The van der Waals surface area contributed by atoms with Crippen molar-refractivity contribution in [3.8, 4) is 0 Å². The topological polar surface area (TPSA) is 12.4 Å². The van der Waals surface area contributed by atoms with E-state index in [0.29, 0.717) is 5.92 Å². The monoisotopic (exact) mass is 221 g/mol. The molecule has 0 bridgehead atoms. The smallest absolute Gasteiger partial charge is 0.0866 e. The molecule has 0 saturated carbocycles. The summed E-state index contributed by atoms with van der Waals surface area (Å²) in [7, 11) is 0. The molecule has 1 atom stereocenters. The van der Waals surface area contributed by atoms with Crippen LogP contribution in [0.2, 0.25) is 0 Å². The van der Waals surface area contributed by atoms with Crippen molar-refractivity contribution in [1.82, 2.24) is 0 Å². The van der Waals surface area contributed by atoms with Crippen LogP contribution >= 0.6 is 11.6 Å². The molecule has 2 rings (SSSR count). The van der Waals surface area contributed by atoms with Crippen molar-refractivity contribution in [2.24, 2.45) is 10.9 Å². The van der Waals surface area contributed by atoms with Crippen molar-refractivity contribution in [3.05, 3.63) is 34.5 Å². The van der Waals surface area contributed by atoms with Gasteiger partial charge in [0, 0.05) is 6.20 Å². The van der Waals surface area contributed by atoms with Gasteiger partial charge >= 0.3 is 0 Å². The lowest BCUT2D eigenvalue weighted by Crippen LogP contribution is -2.12. The quantitative estimate of drug-likeness (QED) is 0.629. The van der Waals surface area contributed by atoms with E-state index in [1.165, 1.54) is 24.0 Å². The fourth-order valence-corrected chi connectivity index (χ4v) is 2.22. The minimum absolute atomic E-state index is 0.691. The molecule has 0 aromatic heterocycles. The van der Waals surface area contributed by atoms with Gasteiger partial charge in [0.05, 0.1) is 10.7 Å². The number of halogens is 1. The molecule has 1 aliphatic heterocycles. The van der Waals surface area contributed by atoms with Gasteiger partial charge in [-0.2, -0.15) is 0 Å².